The molecule has 0 aromatic carbocycles. The summed E-state index contributed by atoms with van der Waals surface area (Å²) >= 11 is 0. The van der Waals surface area contributed by atoms with Crippen molar-refractivity contribution in [3.05, 3.63) is 12.2 Å². The van der Waals surface area contributed by atoms with E-state index >= 15 is 0 Å². The summed E-state index contributed by atoms with van der Waals surface area (Å²) in [5, 5.41) is 10.2. The maximum atomic E-state index is 10.2. The van der Waals surface area contributed by atoms with Crippen molar-refractivity contribution in [1.82, 2.24) is 0 Å². The number of aliphatic hydroxyl groups is 1. The highest BCUT2D eigenvalue weighted by Gasteiger charge is 2.39. The van der Waals surface area contributed by atoms with Crippen LogP contribution in [-0.4, -0.2) is 10.7 Å². The van der Waals surface area contributed by atoms with Crippen LogP contribution in [0.1, 0.15) is 39.0 Å². The first-order chi connectivity index (χ1) is 5.71. The van der Waals surface area contributed by atoms with E-state index in [1.165, 1.54) is 19.3 Å². The van der Waals surface area contributed by atoms with Gasteiger partial charge in [-0.1, -0.05) is 25.5 Å². The van der Waals surface area contributed by atoms with Crippen molar-refractivity contribution in [3.8, 4) is 0 Å². The van der Waals surface area contributed by atoms with Crippen molar-refractivity contribution in [2.24, 2.45) is 11.8 Å². The van der Waals surface area contributed by atoms with Gasteiger partial charge in [0.15, 0.2) is 0 Å². The van der Waals surface area contributed by atoms with E-state index in [4.69, 9.17) is 0 Å². The fraction of sp³-hybridized carbons (Fsp3) is 0.818. The van der Waals surface area contributed by atoms with Crippen LogP contribution < -0.4 is 0 Å². The van der Waals surface area contributed by atoms with Gasteiger partial charge in [-0.15, -0.1) is 0 Å². The molecule has 2 unspecified atom stereocenters. The van der Waals surface area contributed by atoms with Crippen LogP contribution >= 0.6 is 0 Å². The molecule has 1 heteroatoms. The monoisotopic (exact) mass is 166 g/mol. The summed E-state index contributed by atoms with van der Waals surface area (Å²) in [7, 11) is 0. The van der Waals surface area contributed by atoms with E-state index in [9.17, 15) is 5.11 Å². The topological polar surface area (TPSA) is 20.2 Å². The third kappa shape index (κ3) is 1.31. The van der Waals surface area contributed by atoms with Crippen LogP contribution in [0.4, 0.5) is 0 Å². The van der Waals surface area contributed by atoms with Gasteiger partial charge in [-0.25, -0.2) is 0 Å². The molecule has 0 aliphatic heterocycles. The first kappa shape index (κ1) is 8.31. The Morgan fingerprint density at radius 3 is 2.50 bits per heavy atom. The summed E-state index contributed by atoms with van der Waals surface area (Å²) in [6.45, 7) is 2.22. The Bertz CT molecular complexity index is 193. The van der Waals surface area contributed by atoms with Gasteiger partial charge in [0.2, 0.25) is 0 Å². The van der Waals surface area contributed by atoms with Gasteiger partial charge in [-0.3, -0.25) is 0 Å². The van der Waals surface area contributed by atoms with Crippen molar-refractivity contribution >= 4 is 0 Å². The Hall–Kier alpha value is -0.300. The van der Waals surface area contributed by atoms with Gasteiger partial charge in [0, 0.05) is 0 Å². The van der Waals surface area contributed by atoms with Gasteiger partial charge in [0.1, 0.15) is 0 Å². The van der Waals surface area contributed by atoms with Crippen molar-refractivity contribution in [2.45, 2.75) is 44.6 Å². The van der Waals surface area contributed by atoms with Crippen LogP contribution in [0.15, 0.2) is 12.2 Å². The minimum absolute atomic E-state index is 0.426. The molecule has 0 heterocycles. The average Bonchev–Trinajstić information content (AvgIpc) is 1.92. The van der Waals surface area contributed by atoms with Gasteiger partial charge in [-0.05, 0) is 37.5 Å². The Morgan fingerprint density at radius 2 is 2.08 bits per heavy atom. The number of hydrogen-bond donors (Lipinski definition) is 1. The lowest BCUT2D eigenvalue weighted by atomic mass is 9.68. The lowest BCUT2D eigenvalue weighted by Gasteiger charge is -2.42. The van der Waals surface area contributed by atoms with E-state index in [1.807, 2.05) is 0 Å². The molecule has 1 nitrogen and oxygen atoms in total. The molecule has 1 N–H and O–H groups in total. The second kappa shape index (κ2) is 2.88. The standard InChI is InChI=1S/C11H18O/c1-9-5-7-11(12,8-6-9)10-3-2-4-10/h5,7,9-10,12H,2-4,6,8H2,1H3. The number of hydrogen-bond acceptors (Lipinski definition) is 1. The molecule has 0 aromatic heterocycles. The van der Waals surface area contributed by atoms with Gasteiger partial charge >= 0.3 is 0 Å². The van der Waals surface area contributed by atoms with Gasteiger partial charge < -0.3 is 5.11 Å². The second-order valence-corrected chi connectivity index (χ2v) is 4.49. The molecule has 2 aliphatic rings. The summed E-state index contributed by atoms with van der Waals surface area (Å²) < 4.78 is 0. The molecular weight excluding hydrogens is 148 g/mol. The third-order valence-corrected chi connectivity index (χ3v) is 3.53. The summed E-state index contributed by atoms with van der Waals surface area (Å²) in [5.74, 6) is 1.24. The molecule has 0 bridgehead atoms. The van der Waals surface area contributed by atoms with Crippen LogP contribution in [0.3, 0.4) is 0 Å². The summed E-state index contributed by atoms with van der Waals surface area (Å²) in [4.78, 5) is 0. The predicted molar refractivity (Wildman–Crippen MR) is 49.8 cm³/mol. The van der Waals surface area contributed by atoms with Crippen LogP contribution in [0.2, 0.25) is 0 Å². The van der Waals surface area contributed by atoms with Crippen LogP contribution in [0, 0.1) is 11.8 Å². The first-order valence-electron chi connectivity index (χ1n) is 5.12. The van der Waals surface area contributed by atoms with Crippen LogP contribution in [0.25, 0.3) is 0 Å². The van der Waals surface area contributed by atoms with Gasteiger partial charge in [0.25, 0.3) is 0 Å². The van der Waals surface area contributed by atoms with Crippen molar-refractivity contribution in [3.63, 3.8) is 0 Å². The Labute approximate surface area is 74.5 Å². The highest BCUT2D eigenvalue weighted by atomic mass is 16.3. The lowest BCUT2D eigenvalue weighted by Crippen LogP contribution is -2.41. The van der Waals surface area contributed by atoms with E-state index in [2.05, 4.69) is 19.1 Å². The van der Waals surface area contributed by atoms with E-state index < -0.39 is 5.60 Å². The SMILES string of the molecule is CC1C=CC(O)(C2CCC2)CC1. The van der Waals surface area contributed by atoms with Crippen molar-refractivity contribution in [2.75, 3.05) is 0 Å². The zero-order valence-corrected chi connectivity index (χ0v) is 7.79. The van der Waals surface area contributed by atoms with E-state index in [0.717, 1.165) is 12.8 Å². The second-order valence-electron chi connectivity index (χ2n) is 4.49. The molecule has 2 aliphatic carbocycles. The van der Waals surface area contributed by atoms with E-state index in [1.54, 1.807) is 0 Å². The molecule has 0 amide bonds. The first-order valence-corrected chi connectivity index (χ1v) is 5.12. The Kier molecular flexibility index (Phi) is 1.99. The normalized spacial score (nSPS) is 42.7. The lowest BCUT2D eigenvalue weighted by molar-refractivity contribution is -0.0230. The molecule has 0 spiro atoms. The smallest absolute Gasteiger partial charge is 0.0856 e. The van der Waals surface area contributed by atoms with Crippen molar-refractivity contribution < 1.29 is 5.11 Å². The van der Waals surface area contributed by atoms with Crippen molar-refractivity contribution in [1.29, 1.82) is 0 Å². The van der Waals surface area contributed by atoms with Crippen LogP contribution in [0.5, 0.6) is 0 Å². The maximum absolute atomic E-state index is 10.2. The largest absolute Gasteiger partial charge is 0.386 e. The number of rotatable bonds is 1. The third-order valence-electron chi connectivity index (χ3n) is 3.53. The molecule has 2 rings (SSSR count). The molecule has 1 saturated carbocycles. The predicted octanol–water partition coefficient (Wildman–Crippen LogP) is 2.50. The average molecular weight is 166 g/mol. The highest BCUT2D eigenvalue weighted by Crippen LogP contribution is 2.42. The molecule has 0 aromatic rings. The molecule has 12 heavy (non-hydrogen) atoms. The van der Waals surface area contributed by atoms with Gasteiger partial charge in [0.05, 0.1) is 5.60 Å². The molecule has 0 radical (unpaired) electrons. The maximum Gasteiger partial charge on any atom is 0.0856 e. The zero-order valence-electron chi connectivity index (χ0n) is 7.79. The summed E-state index contributed by atoms with van der Waals surface area (Å²) in [6.07, 6.45) is 10.2. The molecule has 0 saturated heterocycles. The fourth-order valence-corrected chi connectivity index (χ4v) is 2.22. The molecule has 1 fully saturated rings. The Morgan fingerprint density at radius 1 is 1.33 bits per heavy atom. The summed E-state index contributed by atoms with van der Waals surface area (Å²) in [6, 6.07) is 0. The molecule has 2 atom stereocenters. The van der Waals surface area contributed by atoms with E-state index in [0.29, 0.717) is 11.8 Å². The molecule has 68 valence electrons. The van der Waals surface area contributed by atoms with Crippen LogP contribution in [-0.2, 0) is 0 Å². The highest BCUT2D eigenvalue weighted by molar-refractivity contribution is 5.11. The minimum atomic E-state index is -0.426. The molecular formula is C11H18O. The Balaban J connectivity index is 2.05. The van der Waals surface area contributed by atoms with Gasteiger partial charge in [-0.2, -0.15) is 0 Å². The quantitative estimate of drug-likeness (QED) is 0.593. The number of allylic oxidation sites excluding steroid dienone is 1. The summed E-state index contributed by atoms with van der Waals surface area (Å²) in [5.41, 5.74) is -0.426. The zero-order chi connectivity index (χ0) is 8.60. The fourth-order valence-electron chi connectivity index (χ4n) is 2.22. The minimum Gasteiger partial charge on any atom is -0.386 e. The van der Waals surface area contributed by atoms with E-state index in [-0.39, 0.29) is 0 Å².